The van der Waals surface area contributed by atoms with Crippen molar-refractivity contribution in [1.82, 2.24) is 5.32 Å². The van der Waals surface area contributed by atoms with E-state index >= 15 is 0 Å². The van der Waals surface area contributed by atoms with E-state index in [1.54, 1.807) is 0 Å². The fourth-order valence-corrected chi connectivity index (χ4v) is 1.72. The summed E-state index contributed by atoms with van der Waals surface area (Å²) in [5.74, 6) is -1.10. The van der Waals surface area contributed by atoms with Gasteiger partial charge in [0, 0.05) is 18.7 Å². The van der Waals surface area contributed by atoms with E-state index < -0.39 is 17.7 Å². The second kappa shape index (κ2) is 7.82. The number of hydrogen-bond donors (Lipinski definition) is 1. The third kappa shape index (κ3) is 3.85. The van der Waals surface area contributed by atoms with Crippen LogP contribution in [0.5, 0.6) is 11.5 Å². The van der Waals surface area contributed by atoms with Crippen LogP contribution in [0.4, 0.5) is 0 Å². The molecule has 0 saturated carbocycles. The van der Waals surface area contributed by atoms with Crippen LogP contribution >= 0.6 is 0 Å². The molecule has 118 valence electrons. The Balaban J connectivity index is 3.32. The normalized spacial score (nSPS) is 10.2. The van der Waals surface area contributed by atoms with Gasteiger partial charge in [-0.3, -0.25) is 9.59 Å². The Hall–Kier alpha value is -2.83. The predicted molar refractivity (Wildman–Crippen MR) is 78.4 cm³/mol. The number of carbonyl (C=O) groups is 3. The first-order valence-corrected chi connectivity index (χ1v) is 6.26. The number of ketones is 1. The molecule has 1 N–H and O–H groups in total. The summed E-state index contributed by atoms with van der Waals surface area (Å²) in [6.45, 7) is 0. The second-order valence-corrected chi connectivity index (χ2v) is 4.06. The first-order valence-electron chi connectivity index (χ1n) is 6.26. The molecule has 0 fully saturated rings. The Kier molecular flexibility index (Phi) is 6.12. The summed E-state index contributed by atoms with van der Waals surface area (Å²) in [6.07, 6.45) is 2.05. The summed E-state index contributed by atoms with van der Waals surface area (Å²) >= 11 is 0. The molecule has 0 aliphatic rings. The molecule has 0 bridgehead atoms. The minimum absolute atomic E-state index is 0.152. The van der Waals surface area contributed by atoms with Gasteiger partial charge in [0.05, 0.1) is 26.9 Å². The molecule has 0 aromatic heterocycles. The maximum atomic E-state index is 12.1. The van der Waals surface area contributed by atoms with Gasteiger partial charge in [-0.2, -0.15) is 0 Å². The number of benzene rings is 1. The molecule has 22 heavy (non-hydrogen) atoms. The van der Waals surface area contributed by atoms with E-state index in [9.17, 15) is 14.4 Å². The van der Waals surface area contributed by atoms with Gasteiger partial charge in [-0.05, 0) is 18.2 Å². The molecule has 0 unspecified atom stereocenters. The highest BCUT2D eigenvalue weighted by Crippen LogP contribution is 2.32. The van der Waals surface area contributed by atoms with Gasteiger partial charge in [0.25, 0.3) is 5.91 Å². The van der Waals surface area contributed by atoms with Crippen molar-refractivity contribution >= 4 is 17.7 Å². The molecule has 1 amide bonds. The Morgan fingerprint density at radius 1 is 1.05 bits per heavy atom. The monoisotopic (exact) mass is 307 g/mol. The van der Waals surface area contributed by atoms with Crippen molar-refractivity contribution in [3.05, 3.63) is 35.4 Å². The molecule has 1 rings (SSSR count). The van der Waals surface area contributed by atoms with Gasteiger partial charge >= 0.3 is 5.97 Å². The summed E-state index contributed by atoms with van der Waals surface area (Å²) < 4.78 is 14.7. The highest BCUT2D eigenvalue weighted by Gasteiger charge is 2.19. The number of methoxy groups -OCH3 is 3. The van der Waals surface area contributed by atoms with Gasteiger partial charge in [0.2, 0.25) is 0 Å². The number of hydrogen-bond acceptors (Lipinski definition) is 6. The number of rotatable bonds is 6. The molecular formula is C15H17NO6. The minimum atomic E-state index is -0.652. The van der Waals surface area contributed by atoms with Crippen molar-refractivity contribution in [2.24, 2.45) is 0 Å². The first kappa shape index (κ1) is 17.2. The third-order valence-corrected chi connectivity index (χ3v) is 2.81. The minimum Gasteiger partial charge on any atom is -0.493 e. The Morgan fingerprint density at radius 2 is 1.73 bits per heavy atom. The largest absolute Gasteiger partial charge is 0.493 e. The summed E-state index contributed by atoms with van der Waals surface area (Å²) in [5, 5.41) is 2.45. The summed E-state index contributed by atoms with van der Waals surface area (Å²) in [7, 11) is 5.45. The molecule has 7 nitrogen and oxygen atoms in total. The van der Waals surface area contributed by atoms with E-state index in [2.05, 4.69) is 10.1 Å². The summed E-state index contributed by atoms with van der Waals surface area (Å²) in [5.41, 5.74) is 0.329. The van der Waals surface area contributed by atoms with E-state index in [0.29, 0.717) is 0 Å². The van der Waals surface area contributed by atoms with E-state index in [1.807, 2.05) is 0 Å². The quantitative estimate of drug-likeness (QED) is 0.478. The number of esters is 1. The Morgan fingerprint density at radius 3 is 2.23 bits per heavy atom. The maximum Gasteiger partial charge on any atom is 0.330 e. The fourth-order valence-electron chi connectivity index (χ4n) is 1.72. The lowest BCUT2D eigenvalue weighted by atomic mass is 10.0. The lowest BCUT2D eigenvalue weighted by Gasteiger charge is -2.13. The summed E-state index contributed by atoms with van der Waals surface area (Å²) in [4.78, 5) is 35.0. The number of carbonyl (C=O) groups excluding carboxylic acids is 3. The number of ether oxygens (including phenoxy) is 3. The van der Waals surface area contributed by atoms with E-state index in [4.69, 9.17) is 9.47 Å². The average molecular weight is 307 g/mol. The van der Waals surface area contributed by atoms with Crippen molar-refractivity contribution in [2.75, 3.05) is 28.4 Å². The summed E-state index contributed by atoms with van der Waals surface area (Å²) in [6, 6.07) is 2.79. The van der Waals surface area contributed by atoms with Crippen LogP contribution in [-0.2, 0) is 9.53 Å². The molecule has 0 atom stereocenters. The Bertz CT molecular complexity index is 621. The average Bonchev–Trinajstić information content (AvgIpc) is 2.56. The van der Waals surface area contributed by atoms with Crippen molar-refractivity contribution < 1.29 is 28.6 Å². The zero-order valence-corrected chi connectivity index (χ0v) is 12.8. The molecule has 0 heterocycles. The van der Waals surface area contributed by atoms with Gasteiger partial charge in [0.1, 0.15) is 0 Å². The van der Waals surface area contributed by atoms with Gasteiger partial charge in [-0.15, -0.1) is 0 Å². The van der Waals surface area contributed by atoms with Crippen molar-refractivity contribution in [2.45, 2.75) is 0 Å². The number of nitrogens with one attached hydrogen (secondary N) is 1. The van der Waals surface area contributed by atoms with E-state index in [-0.39, 0.29) is 22.6 Å². The van der Waals surface area contributed by atoms with Crippen LogP contribution < -0.4 is 14.8 Å². The topological polar surface area (TPSA) is 90.9 Å². The standard InChI is InChI=1S/C15H17NO6/c1-16-15(19)10-7-9(8-12(20-2)14(10)22-4)11(17)5-6-13(18)21-3/h5-8H,1-4H3,(H,16,19). The van der Waals surface area contributed by atoms with Crippen LogP contribution in [0.15, 0.2) is 24.3 Å². The molecule has 0 spiro atoms. The molecule has 1 aromatic carbocycles. The SMILES string of the molecule is CNC(=O)c1cc(C(=O)C=CC(=O)OC)cc(OC)c1OC. The maximum absolute atomic E-state index is 12.1. The lowest BCUT2D eigenvalue weighted by molar-refractivity contribution is -0.134. The van der Waals surface area contributed by atoms with Gasteiger partial charge in [-0.25, -0.2) is 4.79 Å². The predicted octanol–water partition coefficient (Wildman–Crippen LogP) is 0.975. The van der Waals surface area contributed by atoms with Gasteiger partial charge in [0.15, 0.2) is 17.3 Å². The van der Waals surface area contributed by atoms with Crippen molar-refractivity contribution in [3.8, 4) is 11.5 Å². The van der Waals surface area contributed by atoms with Crippen molar-refractivity contribution in [1.29, 1.82) is 0 Å². The van der Waals surface area contributed by atoms with Crippen LogP contribution in [-0.4, -0.2) is 46.0 Å². The van der Waals surface area contributed by atoms with Crippen LogP contribution in [0.2, 0.25) is 0 Å². The van der Waals surface area contributed by atoms with Crippen LogP contribution in [0.25, 0.3) is 0 Å². The van der Waals surface area contributed by atoms with Crippen LogP contribution in [0.1, 0.15) is 20.7 Å². The number of allylic oxidation sites excluding steroid dienone is 1. The molecule has 0 saturated heterocycles. The molecule has 0 radical (unpaired) electrons. The first-order chi connectivity index (χ1) is 10.5. The molecular weight excluding hydrogens is 290 g/mol. The molecule has 1 aromatic rings. The Labute approximate surface area is 127 Å². The molecule has 0 aliphatic heterocycles. The van der Waals surface area contributed by atoms with Crippen molar-refractivity contribution in [3.63, 3.8) is 0 Å². The zero-order valence-electron chi connectivity index (χ0n) is 12.8. The van der Waals surface area contributed by atoms with E-state index in [1.165, 1.54) is 40.5 Å². The lowest BCUT2D eigenvalue weighted by Crippen LogP contribution is -2.19. The molecule has 7 heteroatoms. The highest BCUT2D eigenvalue weighted by atomic mass is 16.5. The fraction of sp³-hybridized carbons (Fsp3) is 0.267. The second-order valence-electron chi connectivity index (χ2n) is 4.06. The zero-order chi connectivity index (χ0) is 16.7. The highest BCUT2D eigenvalue weighted by molar-refractivity contribution is 6.09. The van der Waals surface area contributed by atoms with Gasteiger partial charge < -0.3 is 19.5 Å². The molecule has 0 aliphatic carbocycles. The van der Waals surface area contributed by atoms with E-state index in [0.717, 1.165) is 12.2 Å². The van der Waals surface area contributed by atoms with Crippen LogP contribution in [0, 0.1) is 0 Å². The van der Waals surface area contributed by atoms with Crippen LogP contribution in [0.3, 0.4) is 0 Å². The smallest absolute Gasteiger partial charge is 0.330 e. The number of amides is 1. The third-order valence-electron chi connectivity index (χ3n) is 2.81. The van der Waals surface area contributed by atoms with Gasteiger partial charge in [-0.1, -0.05) is 0 Å².